The van der Waals surface area contributed by atoms with Crippen molar-refractivity contribution in [1.29, 1.82) is 0 Å². The maximum atomic E-state index is 13.6. The highest BCUT2D eigenvalue weighted by molar-refractivity contribution is 5.83. The summed E-state index contributed by atoms with van der Waals surface area (Å²) in [5, 5.41) is 0. The molecule has 2 aromatic rings. The van der Waals surface area contributed by atoms with Crippen LogP contribution in [0, 0.1) is 0 Å². The fraction of sp³-hybridized carbons (Fsp3) is 0.471. The smallest absolute Gasteiger partial charge is 0.182 e. The number of alkyl halides is 1. The van der Waals surface area contributed by atoms with Gasteiger partial charge < -0.3 is 14.8 Å². The van der Waals surface area contributed by atoms with Gasteiger partial charge >= 0.3 is 0 Å². The summed E-state index contributed by atoms with van der Waals surface area (Å²) < 4.78 is 13.6. The van der Waals surface area contributed by atoms with Gasteiger partial charge in [-0.1, -0.05) is 12.2 Å². The van der Waals surface area contributed by atoms with Crippen molar-refractivity contribution in [2.45, 2.75) is 31.5 Å². The molecule has 1 N–H and O–H groups in total. The van der Waals surface area contributed by atoms with Crippen LogP contribution in [0.3, 0.4) is 0 Å². The number of imidazole rings is 1. The zero-order chi connectivity index (χ0) is 16.5. The molecule has 2 unspecified atom stereocenters. The minimum absolute atomic E-state index is 0.348. The largest absolute Gasteiger partial charge is 0.376 e. The second-order valence-electron chi connectivity index (χ2n) is 6.43. The van der Waals surface area contributed by atoms with Gasteiger partial charge in [-0.2, -0.15) is 0 Å². The molecule has 4 rings (SSSR count). The monoisotopic (exact) mass is 328 g/mol. The van der Waals surface area contributed by atoms with Gasteiger partial charge in [-0.15, -0.1) is 0 Å². The van der Waals surface area contributed by atoms with Crippen molar-refractivity contribution in [3.05, 3.63) is 36.6 Å². The van der Waals surface area contributed by atoms with Gasteiger partial charge in [0.05, 0.1) is 6.33 Å². The summed E-state index contributed by atoms with van der Waals surface area (Å²) in [6.07, 6.45) is 10.5. The number of anilines is 1. The molecule has 0 saturated carbocycles. The number of nitrogens with zero attached hydrogens (tertiary/aromatic N) is 5. The van der Waals surface area contributed by atoms with E-state index in [-0.39, 0.29) is 0 Å². The molecule has 3 heterocycles. The summed E-state index contributed by atoms with van der Waals surface area (Å²) in [6, 6.07) is 0.348. The topological polar surface area (TPSA) is 60.9 Å². The molecular formula is C17H21FN6. The van der Waals surface area contributed by atoms with Crippen LogP contribution in [0.2, 0.25) is 0 Å². The minimum atomic E-state index is -0.876. The lowest BCUT2D eigenvalue weighted by atomic mass is 10.1. The van der Waals surface area contributed by atoms with Gasteiger partial charge in [0.2, 0.25) is 0 Å². The molecule has 2 aromatic heterocycles. The van der Waals surface area contributed by atoms with Crippen LogP contribution in [0.1, 0.15) is 19.3 Å². The van der Waals surface area contributed by atoms with Crippen LogP contribution in [0.25, 0.3) is 11.2 Å². The van der Waals surface area contributed by atoms with Crippen molar-refractivity contribution in [2.75, 3.05) is 25.0 Å². The number of H-pyrrole nitrogens is 1. The Bertz CT molecular complexity index is 782. The van der Waals surface area contributed by atoms with E-state index >= 15 is 0 Å². The fourth-order valence-electron chi connectivity index (χ4n) is 3.61. The maximum absolute atomic E-state index is 13.6. The number of aromatic nitrogens is 4. The average Bonchev–Trinajstić information content (AvgIpc) is 3.23. The number of halogens is 1. The van der Waals surface area contributed by atoms with Crippen LogP contribution in [0.4, 0.5) is 10.2 Å². The van der Waals surface area contributed by atoms with Crippen LogP contribution < -0.4 is 4.90 Å². The Kier molecular flexibility index (Phi) is 3.92. The zero-order valence-corrected chi connectivity index (χ0v) is 13.7. The van der Waals surface area contributed by atoms with E-state index in [1.807, 2.05) is 19.2 Å². The molecule has 2 aliphatic rings. The van der Waals surface area contributed by atoms with Gasteiger partial charge in [0.1, 0.15) is 18.0 Å². The third kappa shape index (κ3) is 2.74. The van der Waals surface area contributed by atoms with E-state index in [2.05, 4.69) is 29.7 Å². The summed E-state index contributed by atoms with van der Waals surface area (Å²) in [7, 11) is 2.04. The lowest BCUT2D eigenvalue weighted by molar-refractivity contribution is 0.320. The molecule has 0 amide bonds. The van der Waals surface area contributed by atoms with Crippen LogP contribution in [0.5, 0.6) is 0 Å². The van der Waals surface area contributed by atoms with Gasteiger partial charge in [-0.25, -0.2) is 19.3 Å². The Morgan fingerprint density at radius 3 is 3.17 bits per heavy atom. The lowest BCUT2D eigenvalue weighted by Crippen LogP contribution is -2.39. The number of nitrogens with one attached hydrogen (secondary N) is 1. The number of aromatic amines is 1. The first kappa shape index (κ1) is 15.1. The summed E-state index contributed by atoms with van der Waals surface area (Å²) in [6.45, 7) is 1.82. The van der Waals surface area contributed by atoms with Crippen molar-refractivity contribution in [2.24, 2.45) is 0 Å². The molecular weight excluding hydrogens is 307 g/mol. The van der Waals surface area contributed by atoms with Crippen molar-refractivity contribution in [3.8, 4) is 0 Å². The van der Waals surface area contributed by atoms with Gasteiger partial charge in [0, 0.05) is 38.3 Å². The summed E-state index contributed by atoms with van der Waals surface area (Å²) >= 11 is 0. The predicted octanol–water partition coefficient (Wildman–Crippen LogP) is 2.44. The van der Waals surface area contributed by atoms with E-state index in [1.54, 1.807) is 18.7 Å². The molecule has 0 aromatic carbocycles. The number of hydrogen-bond donors (Lipinski definition) is 1. The Morgan fingerprint density at radius 2 is 2.29 bits per heavy atom. The van der Waals surface area contributed by atoms with Gasteiger partial charge in [0.15, 0.2) is 11.5 Å². The molecule has 6 nitrogen and oxygen atoms in total. The molecule has 1 aliphatic heterocycles. The van der Waals surface area contributed by atoms with E-state index < -0.39 is 6.17 Å². The lowest BCUT2D eigenvalue weighted by Gasteiger charge is -2.32. The van der Waals surface area contributed by atoms with Gasteiger partial charge in [0.25, 0.3) is 0 Å². The zero-order valence-electron chi connectivity index (χ0n) is 13.7. The average molecular weight is 328 g/mol. The van der Waals surface area contributed by atoms with Crippen LogP contribution in [-0.4, -0.2) is 57.2 Å². The highest BCUT2D eigenvalue weighted by Gasteiger charge is 2.29. The van der Waals surface area contributed by atoms with Crippen molar-refractivity contribution < 1.29 is 4.39 Å². The Balaban J connectivity index is 1.54. The number of likely N-dealkylation sites (N-methyl/N-ethyl adjacent to an activating group) is 1. The molecule has 7 heteroatoms. The normalized spacial score (nSPS) is 23.8. The van der Waals surface area contributed by atoms with E-state index in [0.717, 1.165) is 43.0 Å². The first-order valence-corrected chi connectivity index (χ1v) is 8.35. The molecule has 2 atom stereocenters. The van der Waals surface area contributed by atoms with Gasteiger partial charge in [-0.05, 0) is 18.9 Å². The van der Waals surface area contributed by atoms with E-state index in [0.29, 0.717) is 18.1 Å². The third-order valence-corrected chi connectivity index (χ3v) is 4.84. The quantitative estimate of drug-likeness (QED) is 0.934. The van der Waals surface area contributed by atoms with Crippen molar-refractivity contribution in [3.63, 3.8) is 0 Å². The summed E-state index contributed by atoms with van der Waals surface area (Å²) in [5.74, 6) is 0.911. The van der Waals surface area contributed by atoms with E-state index in [1.165, 1.54) is 0 Å². The van der Waals surface area contributed by atoms with E-state index in [4.69, 9.17) is 0 Å². The number of rotatable bonds is 4. The molecule has 1 saturated heterocycles. The highest BCUT2D eigenvalue weighted by Crippen LogP contribution is 2.29. The van der Waals surface area contributed by atoms with Crippen LogP contribution in [-0.2, 0) is 0 Å². The SMILES string of the molecule is CN(CC1CCCN1c1ncnc2nc[nH]c12)C1=CC=CC(F)C1. The predicted molar refractivity (Wildman–Crippen MR) is 91.4 cm³/mol. The number of allylic oxidation sites excluding steroid dienone is 4. The van der Waals surface area contributed by atoms with Crippen molar-refractivity contribution >= 4 is 17.0 Å². The van der Waals surface area contributed by atoms with Crippen molar-refractivity contribution in [1.82, 2.24) is 24.8 Å². The summed E-state index contributed by atoms with van der Waals surface area (Å²) in [4.78, 5) is 20.5. The second-order valence-corrected chi connectivity index (χ2v) is 6.43. The Morgan fingerprint density at radius 1 is 1.38 bits per heavy atom. The maximum Gasteiger partial charge on any atom is 0.182 e. The second kappa shape index (κ2) is 6.22. The van der Waals surface area contributed by atoms with Crippen LogP contribution in [0.15, 0.2) is 36.6 Å². The molecule has 0 spiro atoms. The summed E-state index contributed by atoms with van der Waals surface area (Å²) in [5.41, 5.74) is 2.63. The third-order valence-electron chi connectivity index (χ3n) is 4.84. The number of hydrogen-bond acceptors (Lipinski definition) is 5. The Labute approximate surface area is 140 Å². The Hall–Kier alpha value is -2.44. The molecule has 0 radical (unpaired) electrons. The molecule has 24 heavy (non-hydrogen) atoms. The molecule has 1 fully saturated rings. The van der Waals surface area contributed by atoms with Gasteiger partial charge in [-0.3, -0.25) is 0 Å². The first-order valence-electron chi connectivity index (χ1n) is 8.35. The number of fused-ring (bicyclic) bond motifs is 1. The first-order chi connectivity index (χ1) is 11.7. The molecule has 126 valence electrons. The standard InChI is InChI=1S/C17H21FN6/c1-23(13-5-2-4-12(18)8-13)9-14-6-3-7-24(14)17-15-16(20-10-19-15)21-11-22-17/h2,4-5,10-12,14H,3,6-9H2,1H3,(H,19,20,21,22). The minimum Gasteiger partial charge on any atom is -0.376 e. The molecule has 1 aliphatic carbocycles. The molecule has 0 bridgehead atoms. The van der Waals surface area contributed by atoms with Crippen LogP contribution >= 0.6 is 0 Å². The van der Waals surface area contributed by atoms with E-state index in [9.17, 15) is 4.39 Å². The highest BCUT2D eigenvalue weighted by atomic mass is 19.1. The fourth-order valence-corrected chi connectivity index (χ4v) is 3.61.